The number of benzene rings is 2. The Bertz CT molecular complexity index is 1240. The monoisotopic (exact) mass is 401 g/mol. The molecule has 2 aromatic heterocycles. The van der Waals surface area contributed by atoms with Gasteiger partial charge in [0.1, 0.15) is 5.69 Å². The summed E-state index contributed by atoms with van der Waals surface area (Å²) in [5.74, 6) is 0.147. The molecule has 0 aliphatic rings. The van der Waals surface area contributed by atoms with Crippen LogP contribution in [0.3, 0.4) is 0 Å². The van der Waals surface area contributed by atoms with Crippen LogP contribution in [0.15, 0.2) is 71.4 Å². The normalized spacial score (nSPS) is 10.6. The van der Waals surface area contributed by atoms with Gasteiger partial charge in [0.25, 0.3) is 17.5 Å². The van der Waals surface area contributed by atoms with Gasteiger partial charge in [0.2, 0.25) is 5.82 Å². The fourth-order valence-electron chi connectivity index (χ4n) is 2.91. The lowest BCUT2D eigenvalue weighted by molar-refractivity contribution is -0.385. The van der Waals surface area contributed by atoms with Crippen molar-refractivity contribution in [2.45, 2.75) is 6.92 Å². The highest BCUT2D eigenvalue weighted by molar-refractivity contribution is 6.06. The van der Waals surface area contributed by atoms with E-state index in [0.717, 1.165) is 0 Å². The van der Waals surface area contributed by atoms with Crippen molar-refractivity contribution >= 4 is 17.3 Å². The van der Waals surface area contributed by atoms with Gasteiger partial charge in [-0.25, -0.2) is 0 Å². The number of para-hydroxylation sites is 1. The number of nitrogens with zero attached hydrogens (tertiary/aromatic N) is 4. The van der Waals surface area contributed by atoms with Gasteiger partial charge >= 0.3 is 0 Å². The van der Waals surface area contributed by atoms with Crippen molar-refractivity contribution in [3.05, 3.63) is 88.1 Å². The second-order valence-electron chi connectivity index (χ2n) is 6.40. The van der Waals surface area contributed by atoms with E-state index in [2.05, 4.69) is 20.4 Å². The Labute approximate surface area is 170 Å². The number of carbonyl (C=O) groups is 1. The molecule has 1 amide bonds. The first-order chi connectivity index (χ1) is 14.5. The van der Waals surface area contributed by atoms with Gasteiger partial charge in [-0.1, -0.05) is 23.4 Å². The van der Waals surface area contributed by atoms with E-state index in [9.17, 15) is 14.9 Å². The Morgan fingerprint density at radius 1 is 1.10 bits per heavy atom. The Morgan fingerprint density at radius 3 is 2.63 bits per heavy atom. The maximum Gasteiger partial charge on any atom is 0.272 e. The van der Waals surface area contributed by atoms with Gasteiger partial charge < -0.3 is 9.84 Å². The summed E-state index contributed by atoms with van der Waals surface area (Å²) in [6.45, 7) is 1.58. The van der Waals surface area contributed by atoms with E-state index in [1.807, 2.05) is 6.07 Å². The zero-order valence-corrected chi connectivity index (χ0v) is 15.8. The maximum atomic E-state index is 12.7. The maximum absolute atomic E-state index is 12.7. The molecule has 0 saturated carbocycles. The molecule has 0 spiro atoms. The standard InChI is InChI=1S/C21H15N5O4/c1-13-12-14(9-10-18(13)26(28)29)20(27)23-16-7-3-2-6-15(16)21-24-19(25-30-21)17-8-4-5-11-22-17/h2-12H,1H3,(H,23,27). The molecule has 9 heteroatoms. The first-order valence-corrected chi connectivity index (χ1v) is 8.94. The average molecular weight is 401 g/mol. The lowest BCUT2D eigenvalue weighted by Crippen LogP contribution is -2.13. The summed E-state index contributed by atoms with van der Waals surface area (Å²) in [4.78, 5) is 31.8. The predicted octanol–water partition coefficient (Wildman–Crippen LogP) is 4.27. The summed E-state index contributed by atoms with van der Waals surface area (Å²) in [5.41, 5.74) is 2.23. The van der Waals surface area contributed by atoms with Crippen molar-refractivity contribution in [3.8, 4) is 23.0 Å². The number of hydrogen-bond acceptors (Lipinski definition) is 7. The largest absolute Gasteiger partial charge is 0.333 e. The van der Waals surface area contributed by atoms with Gasteiger partial charge in [0.15, 0.2) is 0 Å². The van der Waals surface area contributed by atoms with Crippen molar-refractivity contribution in [3.63, 3.8) is 0 Å². The first kappa shape index (κ1) is 18.9. The molecule has 4 aromatic rings. The minimum atomic E-state index is -0.485. The smallest absolute Gasteiger partial charge is 0.272 e. The minimum Gasteiger partial charge on any atom is -0.333 e. The zero-order valence-electron chi connectivity index (χ0n) is 15.8. The van der Waals surface area contributed by atoms with Gasteiger partial charge in [-0.15, -0.1) is 0 Å². The fraction of sp³-hybridized carbons (Fsp3) is 0.0476. The van der Waals surface area contributed by atoms with Crippen LogP contribution in [0.2, 0.25) is 0 Å². The third kappa shape index (κ3) is 3.76. The van der Waals surface area contributed by atoms with E-state index in [0.29, 0.717) is 33.9 Å². The van der Waals surface area contributed by atoms with Crippen LogP contribution in [0.5, 0.6) is 0 Å². The number of aromatic nitrogens is 3. The summed E-state index contributed by atoms with van der Waals surface area (Å²) in [5, 5.41) is 17.7. The summed E-state index contributed by atoms with van der Waals surface area (Å²) in [7, 11) is 0. The van der Waals surface area contributed by atoms with E-state index in [4.69, 9.17) is 4.52 Å². The zero-order chi connectivity index (χ0) is 21.1. The first-order valence-electron chi connectivity index (χ1n) is 8.94. The van der Waals surface area contributed by atoms with Gasteiger partial charge in [0, 0.05) is 23.4 Å². The average Bonchev–Trinajstić information content (AvgIpc) is 3.24. The highest BCUT2D eigenvalue weighted by atomic mass is 16.6. The van der Waals surface area contributed by atoms with Gasteiger partial charge in [-0.3, -0.25) is 19.9 Å². The number of aryl methyl sites for hydroxylation is 1. The highest BCUT2D eigenvalue weighted by Gasteiger charge is 2.18. The molecule has 0 aliphatic carbocycles. The van der Waals surface area contributed by atoms with E-state index in [-0.39, 0.29) is 11.6 Å². The summed E-state index contributed by atoms with van der Waals surface area (Å²) in [6, 6.07) is 16.6. The van der Waals surface area contributed by atoms with Crippen molar-refractivity contribution in [2.24, 2.45) is 0 Å². The van der Waals surface area contributed by atoms with Crippen LogP contribution in [-0.2, 0) is 0 Å². The van der Waals surface area contributed by atoms with Crippen LogP contribution >= 0.6 is 0 Å². The lowest BCUT2D eigenvalue weighted by atomic mass is 10.1. The van der Waals surface area contributed by atoms with Gasteiger partial charge in [0.05, 0.1) is 16.2 Å². The molecular formula is C21H15N5O4. The Balaban J connectivity index is 1.62. The molecule has 0 bridgehead atoms. The molecule has 0 unspecified atom stereocenters. The number of hydrogen-bond donors (Lipinski definition) is 1. The summed E-state index contributed by atoms with van der Waals surface area (Å²) < 4.78 is 5.37. The van der Waals surface area contributed by atoms with E-state index >= 15 is 0 Å². The number of nitro benzene ring substituents is 1. The summed E-state index contributed by atoms with van der Waals surface area (Å²) in [6.07, 6.45) is 1.63. The fourth-order valence-corrected chi connectivity index (χ4v) is 2.91. The topological polar surface area (TPSA) is 124 Å². The van der Waals surface area contributed by atoms with E-state index in [1.54, 1.807) is 49.5 Å². The van der Waals surface area contributed by atoms with Gasteiger partial charge in [-0.05, 0) is 43.3 Å². The van der Waals surface area contributed by atoms with Crippen molar-refractivity contribution < 1.29 is 14.2 Å². The molecule has 0 atom stereocenters. The predicted molar refractivity (Wildman–Crippen MR) is 109 cm³/mol. The van der Waals surface area contributed by atoms with Crippen LogP contribution < -0.4 is 5.32 Å². The lowest BCUT2D eigenvalue weighted by Gasteiger charge is -2.09. The number of pyridine rings is 1. The minimum absolute atomic E-state index is 0.0418. The Morgan fingerprint density at radius 2 is 1.90 bits per heavy atom. The number of anilines is 1. The van der Waals surface area contributed by atoms with Crippen molar-refractivity contribution in [1.29, 1.82) is 0 Å². The van der Waals surface area contributed by atoms with Crippen LogP contribution in [-0.4, -0.2) is 26.0 Å². The van der Waals surface area contributed by atoms with E-state index in [1.165, 1.54) is 18.2 Å². The van der Waals surface area contributed by atoms with Crippen molar-refractivity contribution in [2.75, 3.05) is 5.32 Å². The molecule has 0 saturated heterocycles. The second-order valence-corrected chi connectivity index (χ2v) is 6.40. The number of carbonyl (C=O) groups excluding carboxylic acids is 1. The Hall–Kier alpha value is -4.40. The van der Waals surface area contributed by atoms with E-state index < -0.39 is 10.8 Å². The van der Waals surface area contributed by atoms with Crippen LogP contribution in [0.1, 0.15) is 15.9 Å². The van der Waals surface area contributed by atoms with Crippen molar-refractivity contribution in [1.82, 2.24) is 15.1 Å². The molecule has 0 radical (unpaired) electrons. The SMILES string of the molecule is Cc1cc(C(=O)Nc2ccccc2-c2nc(-c3ccccn3)no2)ccc1[N+](=O)[O-]. The molecule has 2 heterocycles. The second kappa shape index (κ2) is 7.92. The van der Waals surface area contributed by atoms with Gasteiger partial charge in [-0.2, -0.15) is 4.98 Å². The van der Waals surface area contributed by atoms with Crippen LogP contribution in [0, 0.1) is 17.0 Å². The third-order valence-corrected chi connectivity index (χ3v) is 4.38. The van der Waals surface area contributed by atoms with Crippen LogP contribution in [0.25, 0.3) is 23.0 Å². The molecule has 30 heavy (non-hydrogen) atoms. The molecule has 4 rings (SSSR count). The molecule has 9 nitrogen and oxygen atoms in total. The Kier molecular flexibility index (Phi) is 5.00. The highest BCUT2D eigenvalue weighted by Crippen LogP contribution is 2.29. The molecule has 2 aromatic carbocycles. The number of nitrogens with one attached hydrogen (secondary N) is 1. The number of nitro groups is 1. The molecule has 0 aliphatic heterocycles. The quantitative estimate of drug-likeness (QED) is 0.391. The third-order valence-electron chi connectivity index (χ3n) is 4.38. The molecule has 1 N–H and O–H groups in total. The summed E-state index contributed by atoms with van der Waals surface area (Å²) >= 11 is 0. The van der Waals surface area contributed by atoms with Crippen LogP contribution in [0.4, 0.5) is 11.4 Å². The molecular weight excluding hydrogens is 386 g/mol. The molecule has 0 fully saturated rings. The number of amides is 1. The number of rotatable bonds is 5. The molecule has 148 valence electrons.